The van der Waals surface area contributed by atoms with Crippen LogP contribution in [-0.4, -0.2) is 65.0 Å². The molecule has 1 rings (SSSR count). The van der Waals surface area contributed by atoms with Gasteiger partial charge >= 0.3 is 5.97 Å². The second-order valence-corrected chi connectivity index (χ2v) is 5.85. The van der Waals surface area contributed by atoms with Crippen LogP contribution in [0.4, 0.5) is 0 Å². The van der Waals surface area contributed by atoms with Crippen molar-refractivity contribution in [2.75, 3.05) is 32.7 Å². The molecule has 1 aliphatic heterocycles. The molecule has 0 spiro atoms. The number of carbonyl (C=O) groups is 2. The second kappa shape index (κ2) is 6.86. The zero-order valence-corrected chi connectivity index (χ0v) is 11.9. The number of hydrogen-bond donors (Lipinski definition) is 2. The number of amides is 1. The molecule has 0 radical (unpaired) electrons. The quantitative estimate of drug-likeness (QED) is 0.716. The molecule has 0 aromatic carbocycles. The minimum atomic E-state index is -0.774. The van der Waals surface area contributed by atoms with Crippen LogP contribution in [0.2, 0.25) is 0 Å². The number of nitrogens with two attached hydrogens (primary N) is 1. The van der Waals surface area contributed by atoms with Gasteiger partial charge in [-0.15, -0.1) is 0 Å². The first-order chi connectivity index (χ1) is 8.78. The third-order valence-corrected chi connectivity index (χ3v) is 3.35. The van der Waals surface area contributed by atoms with E-state index in [-0.39, 0.29) is 17.9 Å². The molecule has 0 bridgehead atoms. The van der Waals surface area contributed by atoms with Gasteiger partial charge in [0.25, 0.3) is 0 Å². The third-order valence-electron chi connectivity index (χ3n) is 3.35. The fraction of sp³-hybridized carbons (Fsp3) is 0.846. The third kappa shape index (κ3) is 6.54. The summed E-state index contributed by atoms with van der Waals surface area (Å²) in [6, 6.07) is 0. The molecule has 1 heterocycles. The Bertz CT molecular complexity index is 318. The molecule has 1 saturated heterocycles. The maximum Gasteiger partial charge on any atom is 0.304 e. The first-order valence-electron chi connectivity index (χ1n) is 6.79. The molecule has 3 N–H and O–H groups in total. The van der Waals surface area contributed by atoms with Crippen LogP contribution in [0, 0.1) is 0 Å². The summed E-state index contributed by atoms with van der Waals surface area (Å²) >= 11 is 0. The Morgan fingerprint density at radius 1 is 1.16 bits per heavy atom. The molecule has 0 aliphatic carbocycles. The Hall–Kier alpha value is -1.14. The van der Waals surface area contributed by atoms with Crippen LogP contribution in [0.5, 0.6) is 0 Å². The van der Waals surface area contributed by atoms with Gasteiger partial charge in [0.1, 0.15) is 0 Å². The molecule has 0 aromatic heterocycles. The molecule has 1 amide bonds. The minimum absolute atomic E-state index is 0.149. The molecule has 0 aromatic rings. The average Bonchev–Trinajstić information content (AvgIpc) is 2.33. The normalized spacial score (nSPS) is 17.5. The Balaban J connectivity index is 2.25. The van der Waals surface area contributed by atoms with Gasteiger partial charge in [-0.25, -0.2) is 0 Å². The monoisotopic (exact) mass is 271 g/mol. The van der Waals surface area contributed by atoms with Crippen molar-refractivity contribution in [3.63, 3.8) is 0 Å². The predicted octanol–water partition coefficient (Wildman–Crippen LogP) is 0.123. The van der Waals surface area contributed by atoms with E-state index in [0.29, 0.717) is 32.5 Å². The SMILES string of the molecule is CC(C)(N)CCC(=O)N1CCN(CCC(=O)O)CC1. The van der Waals surface area contributed by atoms with Crippen LogP contribution in [0.15, 0.2) is 0 Å². The van der Waals surface area contributed by atoms with Crippen molar-refractivity contribution >= 4 is 11.9 Å². The largest absolute Gasteiger partial charge is 0.481 e. The Labute approximate surface area is 114 Å². The highest BCUT2D eigenvalue weighted by molar-refractivity contribution is 5.76. The summed E-state index contributed by atoms with van der Waals surface area (Å²) in [5.74, 6) is -0.625. The number of nitrogens with zero attached hydrogens (tertiary/aromatic N) is 2. The van der Waals surface area contributed by atoms with Gasteiger partial charge in [-0.3, -0.25) is 14.5 Å². The van der Waals surface area contributed by atoms with Crippen LogP contribution >= 0.6 is 0 Å². The maximum atomic E-state index is 12.0. The van der Waals surface area contributed by atoms with Gasteiger partial charge < -0.3 is 15.7 Å². The lowest BCUT2D eigenvalue weighted by atomic mass is 9.99. The zero-order chi connectivity index (χ0) is 14.5. The van der Waals surface area contributed by atoms with Crippen LogP contribution in [0.1, 0.15) is 33.1 Å². The highest BCUT2D eigenvalue weighted by Gasteiger charge is 2.22. The van der Waals surface area contributed by atoms with Crippen molar-refractivity contribution in [3.8, 4) is 0 Å². The molecule has 1 aliphatic rings. The molecular formula is C13H25N3O3. The summed E-state index contributed by atoms with van der Waals surface area (Å²) in [5, 5.41) is 8.63. The van der Waals surface area contributed by atoms with E-state index in [0.717, 1.165) is 13.1 Å². The zero-order valence-electron chi connectivity index (χ0n) is 11.9. The number of piperazine rings is 1. The van der Waals surface area contributed by atoms with E-state index in [1.807, 2.05) is 18.7 Å². The molecule has 1 fully saturated rings. The van der Waals surface area contributed by atoms with Crippen LogP contribution < -0.4 is 5.73 Å². The van der Waals surface area contributed by atoms with Crippen molar-refractivity contribution in [1.29, 1.82) is 0 Å². The standard InChI is InChI=1S/C13H25N3O3/c1-13(2,14)5-3-11(17)16-9-7-15(8-10-16)6-4-12(18)19/h3-10,14H2,1-2H3,(H,18,19). The van der Waals surface area contributed by atoms with Gasteiger partial charge in [0.2, 0.25) is 5.91 Å². The lowest BCUT2D eigenvalue weighted by Crippen LogP contribution is -2.49. The van der Waals surface area contributed by atoms with E-state index in [9.17, 15) is 9.59 Å². The first-order valence-corrected chi connectivity index (χ1v) is 6.79. The first kappa shape index (κ1) is 15.9. The smallest absolute Gasteiger partial charge is 0.304 e. The Kier molecular flexibility index (Phi) is 5.75. The lowest BCUT2D eigenvalue weighted by molar-refractivity contribution is -0.138. The lowest BCUT2D eigenvalue weighted by Gasteiger charge is -2.35. The van der Waals surface area contributed by atoms with Crippen LogP contribution in [0.3, 0.4) is 0 Å². The van der Waals surface area contributed by atoms with E-state index in [4.69, 9.17) is 10.8 Å². The van der Waals surface area contributed by atoms with Gasteiger partial charge in [-0.2, -0.15) is 0 Å². The number of hydrogen-bond acceptors (Lipinski definition) is 4. The van der Waals surface area contributed by atoms with E-state index >= 15 is 0 Å². The average molecular weight is 271 g/mol. The molecule has 0 atom stereocenters. The van der Waals surface area contributed by atoms with Gasteiger partial charge in [0, 0.05) is 44.7 Å². The number of carboxylic acid groups (broad SMARTS) is 1. The van der Waals surface area contributed by atoms with E-state index in [1.54, 1.807) is 0 Å². The van der Waals surface area contributed by atoms with Crippen molar-refractivity contribution in [2.45, 2.75) is 38.6 Å². The van der Waals surface area contributed by atoms with E-state index in [1.165, 1.54) is 0 Å². The molecule has 0 saturated carbocycles. The number of carbonyl (C=O) groups excluding carboxylic acids is 1. The highest BCUT2D eigenvalue weighted by atomic mass is 16.4. The van der Waals surface area contributed by atoms with Crippen LogP contribution in [0.25, 0.3) is 0 Å². The van der Waals surface area contributed by atoms with Gasteiger partial charge in [-0.1, -0.05) is 0 Å². The summed E-state index contributed by atoms with van der Waals surface area (Å²) in [4.78, 5) is 26.4. The summed E-state index contributed by atoms with van der Waals surface area (Å²) in [5.41, 5.74) is 5.56. The maximum absolute atomic E-state index is 12.0. The van der Waals surface area contributed by atoms with Crippen LogP contribution in [-0.2, 0) is 9.59 Å². The summed E-state index contributed by atoms with van der Waals surface area (Å²) in [6.45, 7) is 7.28. The fourth-order valence-electron chi connectivity index (χ4n) is 2.06. The predicted molar refractivity (Wildman–Crippen MR) is 72.8 cm³/mol. The van der Waals surface area contributed by atoms with Crippen molar-refractivity contribution in [1.82, 2.24) is 9.80 Å². The number of carboxylic acids is 1. The topological polar surface area (TPSA) is 86.9 Å². The molecular weight excluding hydrogens is 246 g/mol. The van der Waals surface area contributed by atoms with Crippen molar-refractivity contribution in [2.24, 2.45) is 5.73 Å². The molecule has 6 heteroatoms. The Morgan fingerprint density at radius 2 is 1.74 bits per heavy atom. The van der Waals surface area contributed by atoms with Gasteiger partial charge in [0.15, 0.2) is 0 Å². The summed E-state index contributed by atoms with van der Waals surface area (Å²) < 4.78 is 0. The molecule has 19 heavy (non-hydrogen) atoms. The summed E-state index contributed by atoms with van der Waals surface area (Å²) in [6.07, 6.45) is 1.33. The number of aliphatic carboxylic acids is 1. The number of rotatable bonds is 6. The molecule has 6 nitrogen and oxygen atoms in total. The fourth-order valence-corrected chi connectivity index (χ4v) is 2.06. The second-order valence-electron chi connectivity index (χ2n) is 5.85. The van der Waals surface area contributed by atoms with Crippen molar-refractivity contribution < 1.29 is 14.7 Å². The van der Waals surface area contributed by atoms with Crippen molar-refractivity contribution in [3.05, 3.63) is 0 Å². The van der Waals surface area contributed by atoms with Gasteiger partial charge in [-0.05, 0) is 20.3 Å². The summed E-state index contributed by atoms with van der Waals surface area (Å²) in [7, 11) is 0. The molecule has 0 unspecified atom stereocenters. The Morgan fingerprint density at radius 3 is 2.21 bits per heavy atom. The van der Waals surface area contributed by atoms with Gasteiger partial charge in [0.05, 0.1) is 6.42 Å². The highest BCUT2D eigenvalue weighted by Crippen LogP contribution is 2.11. The minimum Gasteiger partial charge on any atom is -0.481 e. The van der Waals surface area contributed by atoms with E-state index < -0.39 is 5.97 Å². The van der Waals surface area contributed by atoms with E-state index in [2.05, 4.69) is 4.90 Å². The molecule has 110 valence electrons.